The maximum absolute atomic E-state index is 13.0. The summed E-state index contributed by atoms with van der Waals surface area (Å²) in [5.74, 6) is -1.63. The molecule has 3 aromatic rings. The third-order valence-corrected chi connectivity index (χ3v) is 3.88. The van der Waals surface area contributed by atoms with Gasteiger partial charge in [0.25, 0.3) is 0 Å². The van der Waals surface area contributed by atoms with Crippen LogP contribution in [0.25, 0.3) is 11.1 Å². The summed E-state index contributed by atoms with van der Waals surface area (Å²) in [5, 5.41) is 9.33. The highest BCUT2D eigenvalue weighted by molar-refractivity contribution is 6.18. The summed E-state index contributed by atoms with van der Waals surface area (Å²) in [6, 6.07) is 19.8. The second-order valence-electron chi connectivity index (χ2n) is 5.38. The van der Waals surface area contributed by atoms with Crippen LogP contribution in [-0.2, 0) is 4.79 Å². The van der Waals surface area contributed by atoms with Crippen molar-refractivity contribution in [2.75, 3.05) is 0 Å². The Kier molecular flexibility index (Phi) is 4.53. The molecule has 0 amide bonds. The first-order valence-corrected chi connectivity index (χ1v) is 7.57. The van der Waals surface area contributed by atoms with Crippen LogP contribution in [0.3, 0.4) is 0 Å². The molecule has 25 heavy (non-hydrogen) atoms. The number of hydrogen-bond donors (Lipinski definition) is 1. The number of hydrogen-bond acceptors (Lipinski definition) is 3. The van der Waals surface area contributed by atoms with E-state index in [0.29, 0.717) is 11.1 Å². The minimum absolute atomic E-state index is 0.0769. The fourth-order valence-corrected chi connectivity index (χ4v) is 2.76. The number of carboxylic acids is 1. The average Bonchev–Trinajstić information content (AvgIpc) is 2.67. The molecule has 0 aliphatic heterocycles. The van der Waals surface area contributed by atoms with Gasteiger partial charge in [0.15, 0.2) is 5.78 Å². The Morgan fingerprint density at radius 2 is 1.32 bits per heavy atom. The molecule has 0 heterocycles. The van der Waals surface area contributed by atoms with Gasteiger partial charge in [-0.1, -0.05) is 66.7 Å². The molecule has 0 aliphatic rings. The molecule has 0 saturated carbocycles. The molecule has 0 spiro atoms. The molecule has 1 radical (unpaired) electrons. The molecule has 0 atom stereocenters. The van der Waals surface area contributed by atoms with Crippen molar-refractivity contribution in [2.24, 2.45) is 0 Å². The Hall–Kier alpha value is -3.53. The predicted octanol–water partition coefficient (Wildman–Crippen LogP) is 3.74. The molecule has 1 N–H and O–H groups in total. The van der Waals surface area contributed by atoms with Gasteiger partial charge < -0.3 is 5.11 Å². The van der Waals surface area contributed by atoms with Crippen LogP contribution in [0.15, 0.2) is 72.8 Å². The van der Waals surface area contributed by atoms with E-state index in [9.17, 15) is 19.5 Å². The van der Waals surface area contributed by atoms with Crippen molar-refractivity contribution in [3.63, 3.8) is 0 Å². The summed E-state index contributed by atoms with van der Waals surface area (Å²) < 4.78 is 0. The lowest BCUT2D eigenvalue weighted by Gasteiger charge is -2.12. The topological polar surface area (TPSA) is 71.4 Å². The molecule has 0 bridgehead atoms. The normalized spacial score (nSPS) is 10.2. The fourth-order valence-electron chi connectivity index (χ4n) is 2.76. The molecule has 0 aromatic heterocycles. The average molecular weight is 329 g/mol. The second-order valence-corrected chi connectivity index (χ2v) is 5.38. The fraction of sp³-hybridized carbons (Fsp3) is 0. The van der Waals surface area contributed by atoms with E-state index in [1.54, 1.807) is 54.6 Å². The van der Waals surface area contributed by atoms with Crippen LogP contribution >= 0.6 is 0 Å². The number of rotatable bonds is 5. The predicted molar refractivity (Wildman–Crippen MR) is 93.5 cm³/mol. The Balaban J connectivity index is 2.24. The summed E-state index contributed by atoms with van der Waals surface area (Å²) in [5.41, 5.74) is 1.66. The molecule has 0 aliphatic carbocycles. The summed E-state index contributed by atoms with van der Waals surface area (Å²) >= 11 is 0. The number of aromatic carboxylic acids is 1. The van der Waals surface area contributed by atoms with Gasteiger partial charge in [-0.2, -0.15) is 0 Å². The molecule has 0 unspecified atom stereocenters. The smallest absolute Gasteiger partial charge is 0.336 e. The van der Waals surface area contributed by atoms with Gasteiger partial charge in [-0.15, -0.1) is 0 Å². The number of carbonyl (C=O) groups excluding carboxylic acids is 2. The Morgan fingerprint density at radius 3 is 1.96 bits per heavy atom. The SMILES string of the molecule is O=[C]c1cccc(C(=O)c2ccccc2C(=O)O)c1-c1ccccc1. The third kappa shape index (κ3) is 3.10. The van der Waals surface area contributed by atoms with Crippen molar-refractivity contribution in [1.82, 2.24) is 0 Å². The van der Waals surface area contributed by atoms with E-state index >= 15 is 0 Å². The Labute approximate surface area is 144 Å². The van der Waals surface area contributed by atoms with Gasteiger partial charge in [0.1, 0.15) is 0 Å². The quantitative estimate of drug-likeness (QED) is 0.724. The van der Waals surface area contributed by atoms with Gasteiger partial charge in [0.2, 0.25) is 6.29 Å². The van der Waals surface area contributed by atoms with E-state index in [0.717, 1.165) is 0 Å². The van der Waals surface area contributed by atoms with Crippen molar-refractivity contribution in [1.29, 1.82) is 0 Å². The standard InChI is InChI=1S/C21H13O4/c22-13-15-9-6-12-18(19(15)14-7-2-1-3-8-14)20(23)16-10-4-5-11-17(16)21(24)25/h1-12H,(H,24,25). The third-order valence-electron chi connectivity index (χ3n) is 3.88. The van der Waals surface area contributed by atoms with E-state index in [-0.39, 0.29) is 22.3 Å². The molecule has 121 valence electrons. The maximum atomic E-state index is 13.0. The summed E-state index contributed by atoms with van der Waals surface area (Å²) in [6.45, 7) is 0. The van der Waals surface area contributed by atoms with Crippen LogP contribution < -0.4 is 0 Å². The van der Waals surface area contributed by atoms with E-state index in [2.05, 4.69) is 0 Å². The van der Waals surface area contributed by atoms with Crippen molar-refractivity contribution < 1.29 is 19.5 Å². The molecule has 3 aromatic carbocycles. The number of carbonyl (C=O) groups is 2. The first-order valence-electron chi connectivity index (χ1n) is 7.57. The van der Waals surface area contributed by atoms with Crippen LogP contribution in [0, 0.1) is 0 Å². The van der Waals surface area contributed by atoms with Gasteiger partial charge in [0.05, 0.1) is 5.56 Å². The van der Waals surface area contributed by atoms with Crippen molar-refractivity contribution in [3.8, 4) is 11.1 Å². The summed E-state index contributed by atoms with van der Waals surface area (Å²) in [7, 11) is 0. The molecule has 4 heteroatoms. The molecular weight excluding hydrogens is 316 g/mol. The van der Waals surface area contributed by atoms with Crippen LogP contribution in [0.5, 0.6) is 0 Å². The van der Waals surface area contributed by atoms with E-state index < -0.39 is 11.8 Å². The number of benzene rings is 3. The number of ketones is 1. The zero-order chi connectivity index (χ0) is 17.8. The van der Waals surface area contributed by atoms with Gasteiger partial charge in [0, 0.05) is 22.3 Å². The molecule has 0 fully saturated rings. The van der Waals surface area contributed by atoms with Gasteiger partial charge in [-0.3, -0.25) is 9.59 Å². The molecule has 4 nitrogen and oxygen atoms in total. The second kappa shape index (κ2) is 6.93. The molecular formula is C21H13O4. The molecule has 3 rings (SSSR count). The highest BCUT2D eigenvalue weighted by atomic mass is 16.4. The van der Waals surface area contributed by atoms with Gasteiger partial charge in [-0.25, -0.2) is 4.79 Å². The zero-order valence-corrected chi connectivity index (χ0v) is 13.1. The summed E-state index contributed by atoms with van der Waals surface area (Å²) in [4.78, 5) is 35.8. The number of carboxylic acid groups (broad SMARTS) is 1. The lowest BCUT2D eigenvalue weighted by molar-refractivity contribution is 0.0693. The van der Waals surface area contributed by atoms with Gasteiger partial charge in [-0.05, 0) is 11.6 Å². The first-order chi connectivity index (χ1) is 12.1. The Morgan fingerprint density at radius 1 is 0.720 bits per heavy atom. The minimum Gasteiger partial charge on any atom is -0.478 e. The van der Waals surface area contributed by atoms with Crippen LogP contribution in [-0.4, -0.2) is 23.1 Å². The van der Waals surface area contributed by atoms with Crippen LogP contribution in [0.1, 0.15) is 31.8 Å². The largest absolute Gasteiger partial charge is 0.478 e. The van der Waals surface area contributed by atoms with Crippen molar-refractivity contribution >= 4 is 18.0 Å². The maximum Gasteiger partial charge on any atom is 0.336 e. The van der Waals surface area contributed by atoms with Crippen LogP contribution in [0.4, 0.5) is 0 Å². The van der Waals surface area contributed by atoms with E-state index in [1.165, 1.54) is 12.1 Å². The van der Waals surface area contributed by atoms with Gasteiger partial charge >= 0.3 is 5.97 Å². The Bertz CT molecular complexity index is 959. The first kappa shape index (κ1) is 16.3. The lowest BCUT2D eigenvalue weighted by atomic mass is 9.89. The van der Waals surface area contributed by atoms with E-state index in [4.69, 9.17) is 0 Å². The van der Waals surface area contributed by atoms with Crippen LogP contribution in [0.2, 0.25) is 0 Å². The minimum atomic E-state index is -1.18. The summed E-state index contributed by atoms with van der Waals surface area (Å²) in [6.07, 6.45) is 1.86. The molecule has 0 saturated heterocycles. The highest BCUT2D eigenvalue weighted by Gasteiger charge is 2.22. The zero-order valence-electron chi connectivity index (χ0n) is 13.1. The highest BCUT2D eigenvalue weighted by Crippen LogP contribution is 2.29. The lowest BCUT2D eigenvalue weighted by Crippen LogP contribution is -2.11. The monoisotopic (exact) mass is 329 g/mol. The van der Waals surface area contributed by atoms with Crippen molar-refractivity contribution in [3.05, 3.63) is 95.1 Å². The van der Waals surface area contributed by atoms with Crippen molar-refractivity contribution in [2.45, 2.75) is 0 Å². The van der Waals surface area contributed by atoms with E-state index in [1.807, 2.05) is 12.4 Å².